The topological polar surface area (TPSA) is 40.6 Å². The number of carbonyl (C=O) groups is 2. The molecule has 118 valence electrons. The van der Waals surface area contributed by atoms with Gasteiger partial charge in [0.2, 0.25) is 0 Å². The molecule has 23 heavy (non-hydrogen) atoms. The Morgan fingerprint density at radius 1 is 1.13 bits per heavy atom. The van der Waals surface area contributed by atoms with Crippen LogP contribution in [0.15, 0.2) is 42.5 Å². The van der Waals surface area contributed by atoms with E-state index in [9.17, 15) is 9.59 Å². The molecule has 3 rings (SSSR count). The maximum Gasteiger partial charge on any atom is 0.300 e. The van der Waals surface area contributed by atoms with E-state index in [1.807, 2.05) is 24.1 Å². The number of fused-ring (bicyclic) bond motifs is 1. The second-order valence-electron chi connectivity index (χ2n) is 5.81. The van der Waals surface area contributed by atoms with Gasteiger partial charge in [0.25, 0.3) is 5.78 Å². The first-order valence-corrected chi connectivity index (χ1v) is 7.74. The molecule has 0 N–H and O–H groups in total. The van der Waals surface area contributed by atoms with Crippen LogP contribution in [0, 0.1) is 6.92 Å². The second-order valence-corrected chi connectivity index (χ2v) is 6.24. The van der Waals surface area contributed by atoms with E-state index in [2.05, 4.69) is 19.1 Å². The summed E-state index contributed by atoms with van der Waals surface area (Å²) in [4.78, 5) is 27.8. The molecule has 0 fully saturated rings. The smallest absolute Gasteiger partial charge is 0.291 e. The molecule has 4 nitrogen and oxygen atoms in total. The van der Waals surface area contributed by atoms with Crippen LogP contribution in [0.3, 0.4) is 0 Å². The van der Waals surface area contributed by atoms with Crippen molar-refractivity contribution in [2.45, 2.75) is 13.5 Å². The fourth-order valence-corrected chi connectivity index (χ4v) is 2.95. The summed E-state index contributed by atoms with van der Waals surface area (Å²) >= 11 is 5.92. The Bertz CT molecular complexity index is 788. The van der Waals surface area contributed by atoms with Gasteiger partial charge in [0.15, 0.2) is 0 Å². The third-order valence-corrected chi connectivity index (χ3v) is 4.25. The number of rotatable bonds is 4. The Morgan fingerprint density at radius 2 is 1.87 bits per heavy atom. The number of nitrogens with zero attached hydrogens (tertiary/aromatic N) is 2. The van der Waals surface area contributed by atoms with Crippen molar-refractivity contribution >= 4 is 29.0 Å². The van der Waals surface area contributed by atoms with Crippen molar-refractivity contribution in [3.8, 4) is 0 Å². The van der Waals surface area contributed by atoms with E-state index in [1.54, 1.807) is 18.2 Å². The fraction of sp³-hybridized carbons (Fsp3) is 0.222. The van der Waals surface area contributed by atoms with Gasteiger partial charge in [0.05, 0.1) is 17.9 Å². The van der Waals surface area contributed by atoms with E-state index >= 15 is 0 Å². The van der Waals surface area contributed by atoms with E-state index in [0.717, 1.165) is 0 Å². The summed E-state index contributed by atoms with van der Waals surface area (Å²) in [7, 11) is 1.93. The van der Waals surface area contributed by atoms with Crippen molar-refractivity contribution < 1.29 is 9.59 Å². The van der Waals surface area contributed by atoms with E-state index in [4.69, 9.17) is 11.6 Å². The zero-order chi connectivity index (χ0) is 16.6. The molecule has 0 saturated heterocycles. The van der Waals surface area contributed by atoms with Crippen LogP contribution in [0.1, 0.15) is 21.5 Å². The largest absolute Gasteiger partial charge is 0.300 e. The summed E-state index contributed by atoms with van der Waals surface area (Å²) in [5.41, 5.74) is 3.41. The van der Waals surface area contributed by atoms with Gasteiger partial charge in [0, 0.05) is 11.6 Å². The summed E-state index contributed by atoms with van der Waals surface area (Å²) in [5, 5.41) is 0.458. The van der Waals surface area contributed by atoms with E-state index in [1.165, 1.54) is 16.0 Å². The molecule has 5 heteroatoms. The van der Waals surface area contributed by atoms with Crippen molar-refractivity contribution in [2.75, 3.05) is 18.6 Å². The predicted octanol–water partition coefficient (Wildman–Crippen LogP) is 3.27. The van der Waals surface area contributed by atoms with Gasteiger partial charge in [-0.05, 0) is 43.3 Å². The Balaban J connectivity index is 1.79. The van der Waals surface area contributed by atoms with Crippen LogP contribution in [-0.4, -0.2) is 30.3 Å². The molecular weight excluding hydrogens is 312 g/mol. The SMILES string of the molecule is Cc1ccccc1CN(C)CN1C(=O)C(=O)c2cc(Cl)ccc21. The fourth-order valence-electron chi connectivity index (χ4n) is 2.78. The average Bonchev–Trinajstić information content (AvgIpc) is 2.74. The normalized spacial score (nSPS) is 13.8. The van der Waals surface area contributed by atoms with Crippen LogP contribution in [0.25, 0.3) is 0 Å². The minimum Gasteiger partial charge on any atom is -0.291 e. The van der Waals surface area contributed by atoms with Crippen LogP contribution in [0.4, 0.5) is 5.69 Å². The number of aryl methyl sites for hydroxylation is 1. The van der Waals surface area contributed by atoms with E-state index in [0.29, 0.717) is 29.5 Å². The Morgan fingerprint density at radius 3 is 2.61 bits per heavy atom. The number of amides is 1. The Hall–Kier alpha value is -2.17. The highest BCUT2D eigenvalue weighted by molar-refractivity contribution is 6.52. The van der Waals surface area contributed by atoms with Crippen LogP contribution < -0.4 is 4.90 Å². The van der Waals surface area contributed by atoms with E-state index in [-0.39, 0.29) is 0 Å². The van der Waals surface area contributed by atoms with Gasteiger partial charge in [-0.15, -0.1) is 0 Å². The van der Waals surface area contributed by atoms with Gasteiger partial charge in [-0.1, -0.05) is 35.9 Å². The molecule has 0 spiro atoms. The van der Waals surface area contributed by atoms with Crippen LogP contribution in [0.2, 0.25) is 5.02 Å². The maximum atomic E-state index is 12.2. The van der Waals surface area contributed by atoms with Gasteiger partial charge < -0.3 is 0 Å². The quantitative estimate of drug-likeness (QED) is 0.809. The van der Waals surface area contributed by atoms with Gasteiger partial charge in [0.1, 0.15) is 0 Å². The van der Waals surface area contributed by atoms with Crippen molar-refractivity contribution in [3.05, 3.63) is 64.2 Å². The van der Waals surface area contributed by atoms with Crippen molar-refractivity contribution in [3.63, 3.8) is 0 Å². The summed E-state index contributed by atoms with van der Waals surface area (Å²) in [6.07, 6.45) is 0. The summed E-state index contributed by atoms with van der Waals surface area (Å²) in [6, 6.07) is 13.1. The van der Waals surface area contributed by atoms with E-state index < -0.39 is 11.7 Å². The third kappa shape index (κ3) is 3.00. The summed E-state index contributed by atoms with van der Waals surface area (Å²) in [6.45, 7) is 3.12. The molecular formula is C18H17ClN2O2. The Kier molecular flexibility index (Phi) is 4.20. The van der Waals surface area contributed by atoms with Crippen molar-refractivity contribution in [1.29, 1.82) is 0 Å². The summed E-state index contributed by atoms with van der Waals surface area (Å²) < 4.78 is 0. The van der Waals surface area contributed by atoms with Crippen molar-refractivity contribution in [2.24, 2.45) is 0 Å². The number of ketones is 1. The van der Waals surface area contributed by atoms with Crippen LogP contribution in [0.5, 0.6) is 0 Å². The zero-order valence-electron chi connectivity index (χ0n) is 13.0. The molecule has 2 aromatic rings. The Labute approximate surface area is 140 Å². The number of hydrogen-bond acceptors (Lipinski definition) is 3. The lowest BCUT2D eigenvalue weighted by Crippen LogP contribution is -2.39. The molecule has 0 aliphatic carbocycles. The van der Waals surface area contributed by atoms with Crippen molar-refractivity contribution in [1.82, 2.24) is 4.90 Å². The van der Waals surface area contributed by atoms with Gasteiger partial charge in [-0.3, -0.25) is 19.4 Å². The number of halogens is 1. The molecule has 1 aliphatic heterocycles. The third-order valence-electron chi connectivity index (χ3n) is 4.02. The number of carbonyl (C=O) groups excluding carboxylic acids is 2. The average molecular weight is 329 g/mol. The number of Topliss-reactive ketones (excluding diaryl/α,β-unsaturated/α-hetero) is 1. The lowest BCUT2D eigenvalue weighted by Gasteiger charge is -2.25. The van der Waals surface area contributed by atoms with Gasteiger partial charge >= 0.3 is 5.91 Å². The highest BCUT2D eigenvalue weighted by Gasteiger charge is 2.36. The minimum absolute atomic E-state index is 0.355. The van der Waals surface area contributed by atoms with Crippen LogP contribution >= 0.6 is 11.6 Å². The predicted molar refractivity (Wildman–Crippen MR) is 90.8 cm³/mol. The number of anilines is 1. The molecule has 0 saturated carbocycles. The highest BCUT2D eigenvalue weighted by atomic mass is 35.5. The lowest BCUT2D eigenvalue weighted by atomic mass is 10.1. The minimum atomic E-state index is -0.501. The first-order chi connectivity index (χ1) is 11.0. The zero-order valence-corrected chi connectivity index (χ0v) is 13.8. The second kappa shape index (κ2) is 6.14. The van der Waals surface area contributed by atoms with Gasteiger partial charge in [-0.25, -0.2) is 0 Å². The molecule has 0 aromatic heterocycles. The molecule has 0 atom stereocenters. The summed E-state index contributed by atoms with van der Waals surface area (Å²) in [5.74, 6) is -0.995. The lowest BCUT2D eigenvalue weighted by molar-refractivity contribution is -0.114. The highest BCUT2D eigenvalue weighted by Crippen LogP contribution is 2.31. The number of benzene rings is 2. The molecule has 2 aromatic carbocycles. The molecule has 0 bridgehead atoms. The molecule has 1 aliphatic rings. The molecule has 1 amide bonds. The molecule has 0 radical (unpaired) electrons. The van der Waals surface area contributed by atoms with Gasteiger partial charge in [-0.2, -0.15) is 0 Å². The molecule has 0 unspecified atom stereocenters. The maximum absolute atomic E-state index is 12.2. The number of hydrogen-bond donors (Lipinski definition) is 0. The molecule has 1 heterocycles. The first kappa shape index (κ1) is 15.7. The van der Waals surface area contributed by atoms with Crippen LogP contribution in [-0.2, 0) is 11.3 Å². The first-order valence-electron chi connectivity index (χ1n) is 7.36. The standard InChI is InChI=1S/C18H17ClN2O2/c1-12-5-3-4-6-13(12)10-20(2)11-21-16-8-7-14(19)9-15(16)17(22)18(21)23/h3-9H,10-11H2,1-2H3. The monoisotopic (exact) mass is 328 g/mol.